The Morgan fingerprint density at radius 1 is 0.719 bits per heavy atom. The van der Waals surface area contributed by atoms with E-state index in [9.17, 15) is 47.9 Å². The van der Waals surface area contributed by atoms with Crippen LogP contribution in [-0.4, -0.2) is 184 Å². The fraction of sp³-hybridized carbons (Fsp3) is 0.567. The van der Waals surface area contributed by atoms with Crippen LogP contribution in [0.1, 0.15) is 88.5 Å². The highest BCUT2D eigenvalue weighted by Gasteiger charge is 2.43. The third kappa shape index (κ3) is 21.8. The smallest absolute Gasteiger partial charge is 0.315 e. The molecule has 89 heavy (non-hydrogen) atoms. The van der Waals surface area contributed by atoms with Gasteiger partial charge in [-0.2, -0.15) is 11.8 Å². The molecule has 4 aromatic rings. The Hall–Kier alpha value is -8.15. The summed E-state index contributed by atoms with van der Waals surface area (Å²) in [6.07, 6.45) is 6.23. The van der Waals surface area contributed by atoms with Crippen LogP contribution in [0.3, 0.4) is 0 Å². The van der Waals surface area contributed by atoms with Crippen molar-refractivity contribution in [2.24, 2.45) is 24.4 Å². The van der Waals surface area contributed by atoms with Crippen molar-refractivity contribution < 1.29 is 62.2 Å². The van der Waals surface area contributed by atoms with Crippen molar-refractivity contribution in [1.82, 2.24) is 67.4 Å². The SMILES string of the molecule is CC(C)C[C@H]1NC(=O)[C@@H](CC(N)=O)NC(=O)[C@@H](NC(=O)COCCOCCOCCNC(=O)CCCC[C@H]2SC[C@H]3NC(=O)N[C@H]32)Cc2cn(nn2)CCCC[C@@H](C(N)=O)NC(=O)[C@H](Cc2cn(C)c3ccccc23)NC(=O)[C@@H](Cc2ccccc2)NC1=O. The Morgan fingerprint density at radius 3 is 2.12 bits per heavy atom. The van der Waals surface area contributed by atoms with Crippen LogP contribution < -0.4 is 59.3 Å². The average Bonchev–Trinajstić information content (AvgIpc) is 1.98. The molecule has 13 N–H and O–H groups in total. The number of rotatable bonds is 26. The highest BCUT2D eigenvalue weighted by molar-refractivity contribution is 8.00. The molecule has 2 fully saturated rings. The summed E-state index contributed by atoms with van der Waals surface area (Å²) < 4.78 is 20.1. The zero-order chi connectivity index (χ0) is 63.8. The van der Waals surface area contributed by atoms with E-state index in [2.05, 4.69) is 58.2 Å². The lowest BCUT2D eigenvalue weighted by Gasteiger charge is -2.28. The Morgan fingerprint density at radius 2 is 1.38 bits per heavy atom. The third-order valence-corrected chi connectivity index (χ3v) is 16.9. The standard InChI is InChI=1S/C60H85N15O13S/c1-36(2)27-42-55(80)67-43(28-37-13-5-4-6-14-37)56(81)68-44(29-38-32-74(3)48-17-8-7-15-40(38)48)57(82)65-41(54(62)79)16-11-12-21-75-33-39(72-73-75)30-45(58(83)69-46(31-50(61)76)59(84)66-42)64-52(78)34-88-26-25-87-24-23-86-22-20-63-51(77)19-10-9-18-49-53-47(35-89-49)70-60(85)71-53/h4-8,13-15,17,32-33,36,41-47,49,53H,9-12,16,18-31,34-35H2,1-3H3,(H2,61,76)(H2,62,79)(H,63,77)(H,64,78)(H,65,82)(H,66,84)(H,67,80)(H,68,81)(H,69,83)(H2,70,71,85)/t41-,42+,43+,44-,45-,46+,47+,49+,53+/m0/s1. The van der Waals surface area contributed by atoms with Gasteiger partial charge in [-0.05, 0) is 61.6 Å². The van der Waals surface area contributed by atoms with Crippen molar-refractivity contribution in [1.29, 1.82) is 0 Å². The molecule has 0 radical (unpaired) electrons. The summed E-state index contributed by atoms with van der Waals surface area (Å²) in [5, 5.41) is 34.6. The van der Waals surface area contributed by atoms with Crippen LogP contribution >= 0.6 is 11.8 Å². The van der Waals surface area contributed by atoms with Gasteiger partial charge in [0.15, 0.2) is 0 Å². The molecule has 28 nitrogen and oxygen atoms in total. The number of ether oxygens (including phenoxy) is 3. The molecule has 3 aliphatic heterocycles. The number of aromatic nitrogens is 4. The van der Waals surface area contributed by atoms with Gasteiger partial charge in [-0.15, -0.1) is 5.10 Å². The number of aryl methyl sites for hydroxylation is 2. The zero-order valence-corrected chi connectivity index (χ0v) is 51.4. The van der Waals surface area contributed by atoms with E-state index in [1.807, 2.05) is 53.8 Å². The average molecular weight is 1260 g/mol. The van der Waals surface area contributed by atoms with Gasteiger partial charge in [-0.25, -0.2) is 4.79 Å². The van der Waals surface area contributed by atoms with E-state index < -0.39 is 96.5 Å². The molecule has 2 aromatic heterocycles. The molecule has 29 heteroatoms. The molecule has 5 heterocycles. The van der Waals surface area contributed by atoms with Gasteiger partial charge in [0.1, 0.15) is 42.9 Å². The first-order chi connectivity index (χ1) is 42.8. The van der Waals surface area contributed by atoms with Gasteiger partial charge in [0.25, 0.3) is 0 Å². The molecule has 484 valence electrons. The second kappa shape index (κ2) is 34.6. The third-order valence-electron chi connectivity index (χ3n) is 15.4. The summed E-state index contributed by atoms with van der Waals surface area (Å²) in [7, 11) is 1.85. The molecule has 0 saturated carbocycles. The van der Waals surface area contributed by atoms with Crippen LogP contribution in [0.15, 0.2) is 67.0 Å². The van der Waals surface area contributed by atoms with Gasteiger partial charge in [-0.3, -0.25) is 47.8 Å². The second-order valence-corrected chi connectivity index (χ2v) is 24.2. The van der Waals surface area contributed by atoms with Crippen LogP contribution in [-0.2, 0) is 90.2 Å². The molecule has 0 unspecified atom stereocenters. The second-order valence-electron chi connectivity index (χ2n) is 23.0. The number of nitrogens with zero attached hydrogens (tertiary/aromatic N) is 4. The summed E-state index contributed by atoms with van der Waals surface area (Å²) >= 11 is 1.85. The van der Waals surface area contributed by atoms with Gasteiger partial charge in [0.2, 0.25) is 53.2 Å². The molecule has 2 bridgehead atoms. The lowest BCUT2D eigenvalue weighted by molar-refractivity contribution is -0.136. The number of nitrogens with two attached hydrogens (primary N) is 2. The first-order valence-corrected chi connectivity index (χ1v) is 31.4. The first kappa shape index (κ1) is 68.3. The van der Waals surface area contributed by atoms with E-state index in [0.29, 0.717) is 42.2 Å². The maximum Gasteiger partial charge on any atom is 0.315 e. The largest absolute Gasteiger partial charge is 0.377 e. The van der Waals surface area contributed by atoms with Gasteiger partial charge < -0.3 is 78.1 Å². The lowest BCUT2D eigenvalue weighted by atomic mass is 9.99. The van der Waals surface area contributed by atoms with Gasteiger partial charge in [0, 0.05) is 80.1 Å². The van der Waals surface area contributed by atoms with E-state index >= 15 is 0 Å². The van der Waals surface area contributed by atoms with Gasteiger partial charge in [-0.1, -0.05) is 74.0 Å². The number of primary amides is 2. The quantitative estimate of drug-likeness (QED) is 0.0271. The van der Waals surface area contributed by atoms with Crippen molar-refractivity contribution in [3.05, 3.63) is 83.8 Å². The number of carbonyl (C=O) groups excluding carboxylic acids is 10. The summed E-state index contributed by atoms with van der Waals surface area (Å²) in [5.74, 6) is -6.05. The summed E-state index contributed by atoms with van der Waals surface area (Å²) in [6.45, 7) is 4.50. The Kier molecular flexibility index (Phi) is 26.5. The molecule has 9 atom stereocenters. The predicted molar refractivity (Wildman–Crippen MR) is 328 cm³/mol. The number of fused-ring (bicyclic) bond motifs is 4. The Bertz CT molecular complexity index is 3070. The molecular formula is C60H85N15O13S. The molecule has 7 rings (SSSR count). The number of hydrogen-bond donors (Lipinski definition) is 11. The monoisotopic (exact) mass is 1260 g/mol. The van der Waals surface area contributed by atoms with E-state index in [1.165, 1.54) is 4.68 Å². The number of carbonyl (C=O) groups is 10. The van der Waals surface area contributed by atoms with Crippen LogP contribution in [0.4, 0.5) is 4.79 Å². The van der Waals surface area contributed by atoms with E-state index in [4.69, 9.17) is 25.7 Å². The van der Waals surface area contributed by atoms with E-state index in [-0.39, 0.29) is 107 Å². The molecule has 11 amide bonds. The fourth-order valence-electron chi connectivity index (χ4n) is 10.9. The van der Waals surface area contributed by atoms with Crippen molar-refractivity contribution in [3.63, 3.8) is 0 Å². The van der Waals surface area contributed by atoms with E-state index in [0.717, 1.165) is 35.9 Å². The number of amides is 11. The number of para-hydroxylation sites is 1. The zero-order valence-electron chi connectivity index (χ0n) is 50.6. The maximum atomic E-state index is 14.7. The number of hydrogen-bond acceptors (Lipinski definition) is 16. The highest BCUT2D eigenvalue weighted by Crippen LogP contribution is 2.33. The lowest BCUT2D eigenvalue weighted by Crippen LogP contribution is -2.60. The molecule has 0 spiro atoms. The van der Waals surface area contributed by atoms with Gasteiger partial charge >= 0.3 is 6.03 Å². The minimum absolute atomic E-state index is 0.0104. The Balaban J connectivity index is 0.975. The number of thioether (sulfide) groups is 1. The first-order valence-electron chi connectivity index (χ1n) is 30.3. The van der Waals surface area contributed by atoms with Crippen molar-refractivity contribution in [2.45, 2.75) is 151 Å². The topological polar surface area (TPSA) is 394 Å². The van der Waals surface area contributed by atoms with Crippen molar-refractivity contribution >= 4 is 81.9 Å². The van der Waals surface area contributed by atoms with Crippen molar-refractivity contribution in [3.8, 4) is 0 Å². The van der Waals surface area contributed by atoms with Crippen LogP contribution in [0.2, 0.25) is 0 Å². The molecule has 0 aliphatic carbocycles. The van der Waals surface area contributed by atoms with Crippen molar-refractivity contribution in [2.75, 3.05) is 51.9 Å². The minimum Gasteiger partial charge on any atom is -0.377 e. The normalized spacial score (nSPS) is 23.2. The maximum absolute atomic E-state index is 14.7. The minimum atomic E-state index is -1.66. The van der Waals surface area contributed by atoms with E-state index in [1.54, 1.807) is 50.4 Å². The van der Waals surface area contributed by atoms with Crippen LogP contribution in [0.25, 0.3) is 10.9 Å². The molecule has 3 aliphatic rings. The summed E-state index contributed by atoms with van der Waals surface area (Å²) in [5.41, 5.74) is 14.0. The summed E-state index contributed by atoms with van der Waals surface area (Å²) in [4.78, 5) is 135. The number of urea groups is 1. The van der Waals surface area contributed by atoms with Crippen LogP contribution in [0.5, 0.6) is 0 Å². The molecule has 2 aromatic carbocycles. The molecular weight excluding hydrogens is 1170 g/mol. The highest BCUT2D eigenvalue weighted by atomic mass is 32.2. The number of unbranched alkanes of at least 4 members (excludes halogenated alkanes) is 1. The molecule has 2 saturated heterocycles. The number of nitrogens with one attached hydrogen (secondary N) is 9. The predicted octanol–water partition coefficient (Wildman–Crippen LogP) is -0.811. The summed E-state index contributed by atoms with van der Waals surface area (Å²) in [6, 6.07) is 8.35. The van der Waals surface area contributed by atoms with Crippen LogP contribution in [0, 0.1) is 5.92 Å². The number of benzene rings is 2. The fourth-order valence-corrected chi connectivity index (χ4v) is 12.4. The van der Waals surface area contributed by atoms with Gasteiger partial charge in [0.05, 0.1) is 57.2 Å². The Labute approximate surface area is 520 Å².